The molecule has 1 aromatic carbocycles. The van der Waals surface area contributed by atoms with Crippen molar-refractivity contribution in [2.75, 3.05) is 24.7 Å². The first-order chi connectivity index (χ1) is 10.2. The summed E-state index contributed by atoms with van der Waals surface area (Å²) in [5.41, 5.74) is -0.0174. The average molecular weight is 307 g/mol. The topological polar surface area (TPSA) is 58.6 Å². The van der Waals surface area contributed by atoms with E-state index in [0.29, 0.717) is 18.7 Å². The monoisotopic (exact) mass is 307 g/mol. The van der Waals surface area contributed by atoms with Gasteiger partial charge in [0.1, 0.15) is 0 Å². The lowest BCUT2D eigenvalue weighted by Crippen LogP contribution is -2.48. The van der Waals surface area contributed by atoms with Gasteiger partial charge in [0.05, 0.1) is 6.10 Å². The van der Waals surface area contributed by atoms with Gasteiger partial charge in [-0.1, -0.05) is 30.3 Å². The van der Waals surface area contributed by atoms with Gasteiger partial charge in [0.2, 0.25) is 0 Å². The fraction of sp³-hybridized carbons (Fsp3) is 0.562. The van der Waals surface area contributed by atoms with E-state index >= 15 is 0 Å². The fourth-order valence-corrected chi connectivity index (χ4v) is 4.22. The molecule has 114 valence electrons. The van der Waals surface area contributed by atoms with Crippen molar-refractivity contribution in [2.45, 2.75) is 24.5 Å². The molecule has 0 saturated carbocycles. The minimum atomic E-state index is -1.17. The van der Waals surface area contributed by atoms with E-state index in [-0.39, 0.29) is 17.9 Å². The molecule has 0 bridgehead atoms. The van der Waals surface area contributed by atoms with Gasteiger partial charge in [0, 0.05) is 24.8 Å². The Hall–Kier alpha value is -1.04. The number of rotatable bonds is 4. The highest BCUT2D eigenvalue weighted by Gasteiger charge is 2.40. The summed E-state index contributed by atoms with van der Waals surface area (Å²) < 4.78 is 5.82. The Balaban J connectivity index is 1.58. The second kappa shape index (κ2) is 6.38. The number of benzene rings is 1. The number of aliphatic hydroxyl groups is 1. The zero-order chi connectivity index (χ0) is 14.7. The van der Waals surface area contributed by atoms with Gasteiger partial charge in [0.15, 0.2) is 5.60 Å². The standard InChI is InChI=1S/C16H21NO3S/c18-15(16(19)7-9-21-11-16)17-10-13-6-8-20-14(13)12-4-2-1-3-5-12/h1-5,13-14,19H,6-11H2,(H,17,18)/t13-,14-,16+/m0/s1. The number of hydrogen-bond acceptors (Lipinski definition) is 4. The summed E-state index contributed by atoms with van der Waals surface area (Å²) in [6.45, 7) is 1.28. The molecule has 2 heterocycles. The van der Waals surface area contributed by atoms with Crippen molar-refractivity contribution in [3.8, 4) is 0 Å². The molecule has 0 spiro atoms. The lowest BCUT2D eigenvalue weighted by atomic mass is 9.94. The van der Waals surface area contributed by atoms with E-state index in [0.717, 1.165) is 24.3 Å². The Morgan fingerprint density at radius 1 is 1.43 bits per heavy atom. The Bertz CT molecular complexity index is 488. The molecular weight excluding hydrogens is 286 g/mol. The summed E-state index contributed by atoms with van der Waals surface area (Å²) in [5, 5.41) is 13.2. The van der Waals surface area contributed by atoms with Gasteiger partial charge in [-0.3, -0.25) is 4.79 Å². The summed E-state index contributed by atoms with van der Waals surface area (Å²) in [6.07, 6.45) is 1.53. The minimum Gasteiger partial charge on any atom is -0.379 e. The number of carbonyl (C=O) groups is 1. The zero-order valence-electron chi connectivity index (χ0n) is 12.0. The minimum absolute atomic E-state index is 0.0408. The number of ether oxygens (including phenoxy) is 1. The molecular formula is C16H21NO3S. The largest absolute Gasteiger partial charge is 0.379 e. The van der Waals surface area contributed by atoms with E-state index in [1.165, 1.54) is 0 Å². The van der Waals surface area contributed by atoms with Crippen LogP contribution in [0, 0.1) is 5.92 Å². The highest BCUT2D eigenvalue weighted by atomic mass is 32.2. The number of hydrogen-bond donors (Lipinski definition) is 2. The van der Waals surface area contributed by atoms with Crippen LogP contribution in [0.4, 0.5) is 0 Å². The molecule has 21 heavy (non-hydrogen) atoms. The zero-order valence-corrected chi connectivity index (χ0v) is 12.8. The van der Waals surface area contributed by atoms with Crippen LogP contribution in [-0.4, -0.2) is 41.3 Å². The molecule has 3 atom stereocenters. The van der Waals surface area contributed by atoms with Crippen molar-refractivity contribution < 1.29 is 14.6 Å². The van der Waals surface area contributed by atoms with Gasteiger partial charge < -0.3 is 15.2 Å². The molecule has 0 aliphatic carbocycles. The summed E-state index contributed by atoms with van der Waals surface area (Å²) in [4.78, 5) is 12.2. The first-order valence-corrected chi connectivity index (χ1v) is 8.59. The predicted molar refractivity (Wildman–Crippen MR) is 83.1 cm³/mol. The van der Waals surface area contributed by atoms with Crippen LogP contribution < -0.4 is 5.32 Å². The Morgan fingerprint density at radius 2 is 2.24 bits per heavy atom. The van der Waals surface area contributed by atoms with E-state index in [1.54, 1.807) is 11.8 Å². The molecule has 2 saturated heterocycles. The van der Waals surface area contributed by atoms with Crippen LogP contribution in [0.1, 0.15) is 24.5 Å². The lowest BCUT2D eigenvalue weighted by Gasteiger charge is -2.23. The van der Waals surface area contributed by atoms with Crippen molar-refractivity contribution >= 4 is 17.7 Å². The third-order valence-corrected chi connectivity index (χ3v) is 5.47. The van der Waals surface area contributed by atoms with E-state index in [4.69, 9.17) is 4.74 Å². The normalized spacial score (nSPS) is 32.2. The van der Waals surface area contributed by atoms with Gasteiger partial charge >= 0.3 is 0 Å². The summed E-state index contributed by atoms with van der Waals surface area (Å²) in [5.74, 6) is 1.39. The Labute approximate surface area is 129 Å². The second-order valence-electron chi connectivity index (χ2n) is 5.80. The Kier molecular flexibility index (Phi) is 4.52. The van der Waals surface area contributed by atoms with Crippen LogP contribution in [0.5, 0.6) is 0 Å². The second-order valence-corrected chi connectivity index (χ2v) is 6.90. The van der Waals surface area contributed by atoms with Crippen LogP contribution >= 0.6 is 11.8 Å². The van der Waals surface area contributed by atoms with Gasteiger partial charge in [0.25, 0.3) is 5.91 Å². The predicted octanol–water partition coefficient (Wildman–Crippen LogP) is 1.75. The summed E-state index contributed by atoms with van der Waals surface area (Å²) in [7, 11) is 0. The molecule has 0 radical (unpaired) electrons. The number of amides is 1. The molecule has 4 nitrogen and oxygen atoms in total. The third kappa shape index (κ3) is 3.25. The van der Waals surface area contributed by atoms with Gasteiger partial charge in [-0.05, 0) is 24.2 Å². The van der Waals surface area contributed by atoms with E-state index in [2.05, 4.69) is 17.4 Å². The number of nitrogens with one attached hydrogen (secondary N) is 1. The van der Waals surface area contributed by atoms with Crippen LogP contribution in [0.15, 0.2) is 30.3 Å². The van der Waals surface area contributed by atoms with E-state index in [1.807, 2.05) is 18.2 Å². The van der Waals surface area contributed by atoms with Crippen LogP contribution in [0.25, 0.3) is 0 Å². The third-order valence-electron chi connectivity index (χ3n) is 4.29. The SMILES string of the molecule is O=C(NC[C@@H]1CCO[C@H]1c1ccccc1)[C@@]1(O)CCSC1. The molecule has 2 fully saturated rings. The molecule has 1 amide bonds. The average Bonchev–Trinajstić information content (AvgIpc) is 3.15. The van der Waals surface area contributed by atoms with Crippen molar-refractivity contribution in [1.29, 1.82) is 0 Å². The highest BCUT2D eigenvalue weighted by molar-refractivity contribution is 7.99. The van der Waals surface area contributed by atoms with Gasteiger partial charge in [-0.25, -0.2) is 0 Å². The van der Waals surface area contributed by atoms with Crippen molar-refractivity contribution in [2.24, 2.45) is 5.92 Å². The maximum absolute atomic E-state index is 12.2. The molecule has 2 aliphatic heterocycles. The fourth-order valence-electron chi connectivity index (χ4n) is 2.98. The van der Waals surface area contributed by atoms with Gasteiger partial charge in [-0.2, -0.15) is 11.8 Å². The maximum atomic E-state index is 12.2. The molecule has 2 aliphatic rings. The number of thioether (sulfide) groups is 1. The Morgan fingerprint density at radius 3 is 2.95 bits per heavy atom. The quantitative estimate of drug-likeness (QED) is 0.890. The van der Waals surface area contributed by atoms with E-state index in [9.17, 15) is 9.90 Å². The first-order valence-electron chi connectivity index (χ1n) is 7.44. The molecule has 0 unspecified atom stereocenters. The van der Waals surface area contributed by atoms with Gasteiger partial charge in [-0.15, -0.1) is 0 Å². The van der Waals surface area contributed by atoms with Crippen LogP contribution in [0.3, 0.4) is 0 Å². The molecule has 0 aromatic heterocycles. The smallest absolute Gasteiger partial charge is 0.252 e. The summed E-state index contributed by atoms with van der Waals surface area (Å²) >= 11 is 1.63. The molecule has 1 aromatic rings. The van der Waals surface area contributed by atoms with Crippen LogP contribution in [-0.2, 0) is 9.53 Å². The lowest BCUT2D eigenvalue weighted by molar-refractivity contribution is -0.137. The van der Waals surface area contributed by atoms with Crippen molar-refractivity contribution in [1.82, 2.24) is 5.32 Å². The van der Waals surface area contributed by atoms with Crippen molar-refractivity contribution in [3.63, 3.8) is 0 Å². The van der Waals surface area contributed by atoms with Crippen molar-refractivity contribution in [3.05, 3.63) is 35.9 Å². The number of carbonyl (C=O) groups excluding carboxylic acids is 1. The summed E-state index contributed by atoms with van der Waals surface area (Å²) in [6, 6.07) is 10.1. The van der Waals surface area contributed by atoms with Crippen LogP contribution in [0.2, 0.25) is 0 Å². The highest BCUT2D eigenvalue weighted by Crippen LogP contribution is 2.34. The molecule has 3 rings (SSSR count). The first kappa shape index (κ1) is 14.9. The van der Waals surface area contributed by atoms with E-state index < -0.39 is 5.60 Å². The molecule has 5 heteroatoms. The molecule has 2 N–H and O–H groups in total. The maximum Gasteiger partial charge on any atom is 0.252 e.